The van der Waals surface area contributed by atoms with Crippen LogP contribution in [0.5, 0.6) is 5.75 Å². The maximum atomic E-state index is 12.4. The van der Waals surface area contributed by atoms with Crippen molar-refractivity contribution < 1.29 is 26.7 Å². The van der Waals surface area contributed by atoms with E-state index in [0.717, 1.165) is 0 Å². The lowest BCUT2D eigenvalue weighted by atomic mass is 10.1. The number of aromatic nitrogens is 1. The van der Waals surface area contributed by atoms with Gasteiger partial charge in [0.05, 0.1) is 12.5 Å². The minimum atomic E-state index is -5.05. The molecule has 18 heavy (non-hydrogen) atoms. The van der Waals surface area contributed by atoms with Crippen LogP contribution < -0.4 is 4.74 Å². The molecule has 0 saturated heterocycles. The molecule has 1 aromatic heterocycles. The van der Waals surface area contributed by atoms with Gasteiger partial charge >= 0.3 is 6.36 Å². The second-order valence-electron chi connectivity index (χ2n) is 3.01. The lowest BCUT2D eigenvalue weighted by Gasteiger charge is -2.14. The first-order chi connectivity index (χ1) is 8.24. The minimum Gasteiger partial charge on any atom is -0.402 e. The summed E-state index contributed by atoms with van der Waals surface area (Å²) < 4.78 is 64.5. The zero-order valence-electron chi connectivity index (χ0n) is 8.43. The smallest absolute Gasteiger partial charge is 0.402 e. The Hall–Kier alpha value is -1.62. The molecule has 98 valence electrons. The van der Waals surface area contributed by atoms with E-state index in [0.29, 0.717) is 6.07 Å². The van der Waals surface area contributed by atoms with E-state index in [1.807, 2.05) is 0 Å². The lowest BCUT2D eigenvalue weighted by molar-refractivity contribution is -0.275. The molecule has 0 aromatic carbocycles. The molecule has 1 aromatic rings. The number of halogens is 6. The summed E-state index contributed by atoms with van der Waals surface area (Å²) in [6.07, 6.45) is -8.63. The highest BCUT2D eigenvalue weighted by Crippen LogP contribution is 2.34. The van der Waals surface area contributed by atoms with Gasteiger partial charge in [-0.15, -0.1) is 13.2 Å². The predicted octanol–water partition coefficient (Wildman–Crippen LogP) is 3.64. The summed E-state index contributed by atoms with van der Waals surface area (Å²) in [5.74, 6) is -0.935. The van der Waals surface area contributed by atoms with Crippen molar-refractivity contribution in [1.82, 2.24) is 4.98 Å². The molecule has 0 N–H and O–H groups in total. The minimum absolute atomic E-state index is 0.398. The summed E-state index contributed by atoms with van der Waals surface area (Å²) in [6, 6.07) is 2.18. The Morgan fingerprint density at radius 3 is 2.50 bits per heavy atom. The van der Waals surface area contributed by atoms with Gasteiger partial charge in [-0.25, -0.2) is 13.8 Å². The SMILES string of the molecule is N#CCc1cc(C(F)F)nc(Cl)c1OC(F)(F)F. The lowest BCUT2D eigenvalue weighted by Crippen LogP contribution is -2.19. The van der Waals surface area contributed by atoms with Gasteiger partial charge in [-0.3, -0.25) is 0 Å². The number of hydrogen-bond donors (Lipinski definition) is 0. The highest BCUT2D eigenvalue weighted by molar-refractivity contribution is 6.31. The average Bonchev–Trinajstić information content (AvgIpc) is 2.21. The molecule has 0 aliphatic rings. The maximum Gasteiger partial charge on any atom is 0.573 e. The van der Waals surface area contributed by atoms with Crippen molar-refractivity contribution in [2.24, 2.45) is 0 Å². The summed E-state index contributed by atoms with van der Waals surface area (Å²) in [5.41, 5.74) is -1.22. The van der Waals surface area contributed by atoms with Crippen molar-refractivity contribution in [2.75, 3.05) is 0 Å². The van der Waals surface area contributed by atoms with E-state index in [2.05, 4.69) is 9.72 Å². The molecule has 0 amide bonds. The van der Waals surface area contributed by atoms with E-state index < -0.39 is 41.4 Å². The van der Waals surface area contributed by atoms with E-state index in [9.17, 15) is 22.0 Å². The standard InChI is InChI=1S/C9H4ClF5N2O/c10-7-6(18-9(13,14)15)4(1-2-16)3-5(17-7)8(11)12/h3,8H,1H2. The van der Waals surface area contributed by atoms with Gasteiger partial charge in [-0.05, 0) is 6.07 Å². The first-order valence-electron chi connectivity index (χ1n) is 4.34. The number of pyridine rings is 1. The average molecular weight is 287 g/mol. The van der Waals surface area contributed by atoms with E-state index in [-0.39, 0.29) is 0 Å². The summed E-state index contributed by atoms with van der Waals surface area (Å²) in [6.45, 7) is 0. The monoisotopic (exact) mass is 286 g/mol. The van der Waals surface area contributed by atoms with E-state index in [1.54, 1.807) is 0 Å². The molecular weight excluding hydrogens is 283 g/mol. The molecule has 0 aliphatic carbocycles. The van der Waals surface area contributed by atoms with Crippen LogP contribution in [0.15, 0.2) is 6.07 Å². The molecule has 0 unspecified atom stereocenters. The number of ether oxygens (including phenoxy) is 1. The normalized spacial score (nSPS) is 11.4. The van der Waals surface area contributed by atoms with Crippen LogP contribution in [0, 0.1) is 11.3 Å². The van der Waals surface area contributed by atoms with Gasteiger partial charge < -0.3 is 4.74 Å². The number of nitriles is 1. The third kappa shape index (κ3) is 3.70. The fraction of sp³-hybridized carbons (Fsp3) is 0.333. The van der Waals surface area contributed by atoms with Crippen molar-refractivity contribution in [3.63, 3.8) is 0 Å². The molecule has 1 heterocycles. The van der Waals surface area contributed by atoms with E-state index >= 15 is 0 Å². The Labute approximate surface area is 103 Å². The summed E-state index contributed by atoms with van der Waals surface area (Å²) in [4.78, 5) is 3.08. The predicted molar refractivity (Wildman–Crippen MR) is 50.2 cm³/mol. The molecule has 3 nitrogen and oxygen atoms in total. The van der Waals surface area contributed by atoms with Gasteiger partial charge in [-0.1, -0.05) is 11.6 Å². The zero-order chi connectivity index (χ0) is 13.9. The van der Waals surface area contributed by atoms with Crippen molar-refractivity contribution >= 4 is 11.6 Å². The molecule has 0 aliphatic heterocycles. The van der Waals surface area contributed by atoms with Crippen LogP contribution in [0.1, 0.15) is 17.7 Å². The fourth-order valence-corrected chi connectivity index (χ4v) is 1.38. The third-order valence-electron chi connectivity index (χ3n) is 1.74. The van der Waals surface area contributed by atoms with Crippen molar-refractivity contribution in [1.29, 1.82) is 5.26 Å². The fourth-order valence-electron chi connectivity index (χ4n) is 1.12. The maximum absolute atomic E-state index is 12.4. The molecule has 0 fully saturated rings. The summed E-state index contributed by atoms with van der Waals surface area (Å²) >= 11 is 5.34. The van der Waals surface area contributed by atoms with Crippen LogP contribution in [-0.2, 0) is 6.42 Å². The molecule has 1 rings (SSSR count). The quantitative estimate of drug-likeness (QED) is 0.629. The second kappa shape index (κ2) is 5.35. The van der Waals surface area contributed by atoms with Gasteiger partial charge in [0.15, 0.2) is 10.9 Å². The first-order valence-corrected chi connectivity index (χ1v) is 4.72. The van der Waals surface area contributed by atoms with Crippen molar-refractivity contribution in [3.05, 3.63) is 22.5 Å². The molecular formula is C9H4ClF5N2O. The van der Waals surface area contributed by atoms with Gasteiger partial charge in [-0.2, -0.15) is 5.26 Å². The van der Waals surface area contributed by atoms with Crippen LogP contribution in [0.25, 0.3) is 0 Å². The van der Waals surface area contributed by atoms with E-state index in [1.165, 1.54) is 6.07 Å². The van der Waals surface area contributed by atoms with Gasteiger partial charge in [0, 0.05) is 5.56 Å². The molecule has 0 spiro atoms. The number of rotatable bonds is 3. The number of alkyl halides is 5. The molecule has 0 saturated carbocycles. The molecule has 9 heteroatoms. The van der Waals surface area contributed by atoms with Crippen molar-refractivity contribution in [3.8, 4) is 11.8 Å². The molecule has 0 atom stereocenters. The second-order valence-corrected chi connectivity index (χ2v) is 3.37. The summed E-state index contributed by atoms with van der Waals surface area (Å²) in [5, 5.41) is 7.56. The zero-order valence-corrected chi connectivity index (χ0v) is 9.19. The van der Waals surface area contributed by atoms with Gasteiger partial charge in [0.2, 0.25) is 0 Å². The third-order valence-corrected chi connectivity index (χ3v) is 2.00. The first kappa shape index (κ1) is 14.4. The summed E-state index contributed by atoms with van der Waals surface area (Å²) in [7, 11) is 0. The van der Waals surface area contributed by atoms with Crippen LogP contribution in [0.2, 0.25) is 5.15 Å². The largest absolute Gasteiger partial charge is 0.573 e. The van der Waals surface area contributed by atoms with Crippen molar-refractivity contribution in [2.45, 2.75) is 19.2 Å². The Morgan fingerprint density at radius 2 is 2.06 bits per heavy atom. The van der Waals surface area contributed by atoms with Crippen LogP contribution in [0.4, 0.5) is 22.0 Å². The van der Waals surface area contributed by atoms with Crippen LogP contribution in [0.3, 0.4) is 0 Å². The van der Waals surface area contributed by atoms with Crippen LogP contribution >= 0.6 is 11.6 Å². The topological polar surface area (TPSA) is 45.9 Å². The molecule has 0 bridgehead atoms. The Morgan fingerprint density at radius 1 is 1.44 bits per heavy atom. The Balaban J connectivity index is 3.28. The number of hydrogen-bond acceptors (Lipinski definition) is 3. The Bertz CT molecular complexity index is 483. The molecule has 0 radical (unpaired) electrons. The highest BCUT2D eigenvalue weighted by atomic mass is 35.5. The van der Waals surface area contributed by atoms with E-state index in [4.69, 9.17) is 16.9 Å². The Kier molecular flexibility index (Phi) is 4.29. The van der Waals surface area contributed by atoms with Crippen LogP contribution in [-0.4, -0.2) is 11.3 Å². The van der Waals surface area contributed by atoms with Gasteiger partial charge in [0.1, 0.15) is 5.69 Å². The number of nitrogens with zero attached hydrogens (tertiary/aromatic N) is 2. The van der Waals surface area contributed by atoms with Gasteiger partial charge in [0.25, 0.3) is 6.43 Å². The highest BCUT2D eigenvalue weighted by Gasteiger charge is 2.34.